The molecule has 3 N–H and O–H groups in total. The van der Waals surface area contributed by atoms with Gasteiger partial charge in [-0.2, -0.15) is 5.10 Å². The maximum Gasteiger partial charge on any atom is 0.227 e. The molecule has 0 bridgehead atoms. The molecule has 0 saturated carbocycles. The Bertz CT molecular complexity index is 1250. The van der Waals surface area contributed by atoms with E-state index < -0.39 is 5.60 Å². The van der Waals surface area contributed by atoms with Crippen molar-refractivity contribution in [2.75, 3.05) is 17.2 Å². The summed E-state index contributed by atoms with van der Waals surface area (Å²) < 4.78 is 1.70. The lowest BCUT2D eigenvalue weighted by atomic mass is 10.1. The van der Waals surface area contributed by atoms with Gasteiger partial charge in [-0.25, -0.2) is 9.97 Å². The zero-order valence-corrected chi connectivity index (χ0v) is 19.8. The molecule has 0 fully saturated rings. The fourth-order valence-corrected chi connectivity index (χ4v) is 3.79. The Morgan fingerprint density at radius 3 is 2.82 bits per heavy atom. The number of halogens is 1. The van der Waals surface area contributed by atoms with Crippen molar-refractivity contribution in [2.24, 2.45) is 0 Å². The van der Waals surface area contributed by atoms with E-state index in [1.807, 2.05) is 43.5 Å². The molecule has 0 saturated heterocycles. The zero-order valence-electron chi connectivity index (χ0n) is 19.0. The molecule has 0 aliphatic heterocycles. The lowest BCUT2D eigenvalue weighted by Gasteiger charge is -2.16. The molecule has 9 heteroatoms. The van der Waals surface area contributed by atoms with E-state index in [1.54, 1.807) is 30.9 Å². The number of rotatable bonds is 9. The van der Waals surface area contributed by atoms with Gasteiger partial charge >= 0.3 is 0 Å². The first kappa shape index (κ1) is 22.9. The molecule has 3 heterocycles. The molecule has 1 aromatic carbocycles. The second-order valence-electron chi connectivity index (χ2n) is 8.74. The number of nitrogens with one attached hydrogen (secondary N) is 2. The van der Waals surface area contributed by atoms with Crippen molar-refractivity contribution in [1.82, 2.24) is 24.7 Å². The minimum Gasteiger partial charge on any atom is -0.389 e. The largest absolute Gasteiger partial charge is 0.389 e. The van der Waals surface area contributed by atoms with E-state index >= 15 is 0 Å². The monoisotopic (exact) mass is 465 g/mol. The highest BCUT2D eigenvalue weighted by atomic mass is 35.5. The maximum absolute atomic E-state index is 9.96. The van der Waals surface area contributed by atoms with Crippen LogP contribution in [0.1, 0.15) is 31.7 Å². The van der Waals surface area contributed by atoms with Gasteiger partial charge in [-0.3, -0.25) is 9.67 Å². The molecule has 172 valence electrons. The Hall–Kier alpha value is -3.23. The molecule has 0 amide bonds. The Morgan fingerprint density at radius 1 is 1.15 bits per heavy atom. The Morgan fingerprint density at radius 2 is 2.00 bits per heavy atom. The number of hydrogen-bond acceptors (Lipinski definition) is 7. The smallest absolute Gasteiger partial charge is 0.227 e. The summed E-state index contributed by atoms with van der Waals surface area (Å²) >= 11 is 6.08. The van der Waals surface area contributed by atoms with Crippen molar-refractivity contribution in [1.29, 1.82) is 0 Å². The summed E-state index contributed by atoms with van der Waals surface area (Å²) in [5.74, 6) is 0.540. The molecule has 0 aliphatic carbocycles. The van der Waals surface area contributed by atoms with Crippen LogP contribution in [0.2, 0.25) is 5.02 Å². The lowest BCUT2D eigenvalue weighted by Crippen LogP contribution is -2.26. The van der Waals surface area contributed by atoms with Crippen molar-refractivity contribution in [3.8, 4) is 0 Å². The number of aromatic nitrogens is 5. The standard InChI is InChI=1S/C24H28ClN7O/c1-16-11-18(30-23(29-16)31-19-13-28-32(14-19)15-24(2,3)33)5-4-9-26-21-8-10-27-22-12-17(25)6-7-20(21)22/h6-8,10-14,33H,4-5,9,15H2,1-3H3,(H,26,27)(H,29,30,31). The lowest BCUT2D eigenvalue weighted by molar-refractivity contribution is 0.0578. The first-order chi connectivity index (χ1) is 15.7. The first-order valence-corrected chi connectivity index (χ1v) is 11.3. The highest BCUT2D eigenvalue weighted by molar-refractivity contribution is 6.31. The van der Waals surface area contributed by atoms with Crippen LogP contribution >= 0.6 is 11.6 Å². The molecular formula is C24H28ClN7O. The third kappa shape index (κ3) is 6.40. The minimum absolute atomic E-state index is 0.404. The van der Waals surface area contributed by atoms with E-state index in [0.717, 1.165) is 53.1 Å². The highest BCUT2D eigenvalue weighted by Crippen LogP contribution is 2.24. The van der Waals surface area contributed by atoms with E-state index in [0.29, 0.717) is 17.5 Å². The fourth-order valence-electron chi connectivity index (χ4n) is 3.63. The van der Waals surface area contributed by atoms with Crippen molar-refractivity contribution in [3.63, 3.8) is 0 Å². The molecule has 8 nitrogen and oxygen atoms in total. The highest BCUT2D eigenvalue weighted by Gasteiger charge is 2.14. The van der Waals surface area contributed by atoms with Crippen molar-refractivity contribution in [3.05, 3.63) is 65.3 Å². The number of aryl methyl sites for hydroxylation is 2. The zero-order chi connectivity index (χ0) is 23.4. The third-order valence-electron chi connectivity index (χ3n) is 4.98. The number of hydrogen-bond donors (Lipinski definition) is 3. The van der Waals surface area contributed by atoms with Crippen LogP contribution in [0.15, 0.2) is 48.9 Å². The van der Waals surface area contributed by atoms with Gasteiger partial charge in [-0.05, 0) is 63.9 Å². The topological polar surface area (TPSA) is 101 Å². The molecule has 0 aliphatic rings. The van der Waals surface area contributed by atoms with E-state index in [1.165, 1.54) is 0 Å². The molecule has 0 atom stereocenters. The van der Waals surface area contributed by atoms with Gasteiger partial charge in [0.15, 0.2) is 0 Å². The number of fused-ring (bicyclic) bond motifs is 1. The minimum atomic E-state index is -0.833. The molecule has 0 spiro atoms. The van der Waals surface area contributed by atoms with E-state index in [4.69, 9.17) is 11.6 Å². The normalized spacial score (nSPS) is 11.7. The molecular weight excluding hydrogens is 438 g/mol. The number of pyridine rings is 1. The quantitative estimate of drug-likeness (QED) is 0.307. The number of aliphatic hydroxyl groups is 1. The van der Waals surface area contributed by atoms with Crippen molar-refractivity contribution >= 4 is 39.8 Å². The van der Waals surface area contributed by atoms with Gasteiger partial charge in [0.1, 0.15) is 0 Å². The first-order valence-electron chi connectivity index (χ1n) is 10.9. The Balaban J connectivity index is 1.35. The molecule has 33 heavy (non-hydrogen) atoms. The van der Waals surface area contributed by atoms with Crippen LogP contribution in [0, 0.1) is 6.92 Å². The summed E-state index contributed by atoms with van der Waals surface area (Å²) in [5.41, 5.74) is 3.74. The summed E-state index contributed by atoms with van der Waals surface area (Å²) in [7, 11) is 0. The van der Waals surface area contributed by atoms with Gasteiger partial charge in [0, 0.05) is 46.4 Å². The van der Waals surface area contributed by atoms with Gasteiger partial charge in [0.25, 0.3) is 0 Å². The average Bonchev–Trinajstić information content (AvgIpc) is 3.15. The Kier molecular flexibility index (Phi) is 6.76. The molecule has 3 aromatic heterocycles. The van der Waals surface area contributed by atoms with Crippen molar-refractivity contribution in [2.45, 2.75) is 45.8 Å². The van der Waals surface area contributed by atoms with Crippen LogP contribution < -0.4 is 10.6 Å². The summed E-state index contributed by atoms with van der Waals surface area (Å²) in [4.78, 5) is 13.5. The molecule has 4 rings (SSSR count). The van der Waals surface area contributed by atoms with Crippen LogP contribution in [-0.4, -0.2) is 42.0 Å². The average molecular weight is 466 g/mol. The maximum atomic E-state index is 9.96. The van der Waals surface area contributed by atoms with E-state index in [2.05, 4.69) is 30.7 Å². The summed E-state index contributed by atoms with van der Waals surface area (Å²) in [6.07, 6.45) is 7.05. The van der Waals surface area contributed by atoms with Crippen LogP contribution in [0.5, 0.6) is 0 Å². The van der Waals surface area contributed by atoms with Gasteiger partial charge < -0.3 is 15.7 Å². The second kappa shape index (κ2) is 9.72. The number of anilines is 3. The van der Waals surface area contributed by atoms with Gasteiger partial charge in [0.05, 0.1) is 29.5 Å². The van der Waals surface area contributed by atoms with Crippen LogP contribution in [-0.2, 0) is 13.0 Å². The van der Waals surface area contributed by atoms with Gasteiger partial charge in [0.2, 0.25) is 5.95 Å². The van der Waals surface area contributed by atoms with E-state index in [9.17, 15) is 5.11 Å². The molecule has 0 radical (unpaired) electrons. The summed E-state index contributed by atoms with van der Waals surface area (Å²) in [5, 5.41) is 22.7. The summed E-state index contributed by atoms with van der Waals surface area (Å²) in [6, 6.07) is 9.72. The van der Waals surface area contributed by atoms with Crippen LogP contribution in [0.3, 0.4) is 0 Å². The summed E-state index contributed by atoms with van der Waals surface area (Å²) in [6.45, 7) is 6.66. The molecule has 4 aromatic rings. The van der Waals surface area contributed by atoms with Crippen LogP contribution in [0.25, 0.3) is 10.9 Å². The molecule has 0 unspecified atom stereocenters. The van der Waals surface area contributed by atoms with Crippen molar-refractivity contribution < 1.29 is 5.11 Å². The predicted octanol–water partition coefficient (Wildman–Crippen LogP) is 4.74. The van der Waals surface area contributed by atoms with Gasteiger partial charge in [-0.15, -0.1) is 0 Å². The Labute approximate surface area is 198 Å². The van der Waals surface area contributed by atoms with Crippen LogP contribution in [0.4, 0.5) is 17.3 Å². The second-order valence-corrected chi connectivity index (χ2v) is 9.18. The number of nitrogens with zero attached hydrogens (tertiary/aromatic N) is 5. The SMILES string of the molecule is Cc1cc(CCCNc2ccnc3cc(Cl)ccc23)nc(Nc2cnn(CC(C)(C)O)c2)n1. The number of benzene rings is 1. The van der Waals surface area contributed by atoms with E-state index in [-0.39, 0.29) is 0 Å². The predicted molar refractivity (Wildman–Crippen MR) is 132 cm³/mol. The third-order valence-corrected chi connectivity index (χ3v) is 5.21. The fraction of sp³-hybridized carbons (Fsp3) is 0.333. The van der Waals surface area contributed by atoms with Gasteiger partial charge in [-0.1, -0.05) is 11.6 Å².